The Morgan fingerprint density at radius 2 is 2.05 bits per heavy atom. The first-order valence-electron chi connectivity index (χ1n) is 6.31. The molecule has 1 aliphatic heterocycles. The molecule has 1 aromatic rings. The van der Waals surface area contributed by atoms with E-state index in [0.29, 0.717) is 13.1 Å². The number of morpholine rings is 1. The lowest BCUT2D eigenvalue weighted by atomic mass is 10.2. The fraction of sp³-hybridized carbons (Fsp3) is 0.538. The summed E-state index contributed by atoms with van der Waals surface area (Å²) in [5.74, 6) is -0.286. The van der Waals surface area contributed by atoms with Gasteiger partial charge in [0.1, 0.15) is 0 Å². The first-order chi connectivity index (χ1) is 9.06. The third-order valence-electron chi connectivity index (χ3n) is 2.92. The molecule has 0 bridgehead atoms. The molecule has 1 fully saturated rings. The topological polar surface area (TPSA) is 71.8 Å². The van der Waals surface area contributed by atoms with E-state index in [-0.39, 0.29) is 36.3 Å². The molecule has 6 heteroatoms. The van der Waals surface area contributed by atoms with Gasteiger partial charge in [-0.05, 0) is 26.0 Å². The number of carbonyl (C=O) groups is 2. The van der Waals surface area contributed by atoms with Crippen LogP contribution in [-0.2, 0) is 9.53 Å². The molecule has 0 aliphatic carbocycles. The van der Waals surface area contributed by atoms with Crippen LogP contribution in [0, 0.1) is 0 Å². The minimum atomic E-state index is -0.382. The summed E-state index contributed by atoms with van der Waals surface area (Å²) in [5.41, 5.74) is 0. The predicted molar refractivity (Wildman–Crippen MR) is 67.6 cm³/mol. The molecule has 1 N–H and O–H groups in total. The smallest absolute Gasteiger partial charge is 0.287 e. The Bertz CT molecular complexity index is 434. The molecule has 0 spiro atoms. The molecule has 19 heavy (non-hydrogen) atoms. The first-order valence-corrected chi connectivity index (χ1v) is 6.31. The van der Waals surface area contributed by atoms with Crippen LogP contribution in [-0.4, -0.2) is 48.6 Å². The van der Waals surface area contributed by atoms with E-state index in [1.54, 1.807) is 17.0 Å². The minimum absolute atomic E-state index is 0.0217. The number of nitrogens with zero attached hydrogens (tertiary/aromatic N) is 1. The van der Waals surface area contributed by atoms with Crippen LogP contribution in [0.15, 0.2) is 22.8 Å². The van der Waals surface area contributed by atoms with Gasteiger partial charge in [-0.3, -0.25) is 9.59 Å². The maximum absolute atomic E-state index is 12.0. The number of carbonyl (C=O) groups excluding carboxylic acids is 2. The van der Waals surface area contributed by atoms with Gasteiger partial charge in [0.15, 0.2) is 5.76 Å². The Labute approximate surface area is 111 Å². The van der Waals surface area contributed by atoms with Crippen LogP contribution < -0.4 is 5.32 Å². The molecular formula is C13H18N2O4. The standard InChI is InChI=1S/C13H18N2O4/c1-9-7-15(8-10(2)19-9)12(16)6-14-13(17)11-4-3-5-18-11/h3-5,9-10H,6-8H2,1-2H3,(H,14,17)/t9-,10-/m1/s1. The Hall–Kier alpha value is -1.82. The van der Waals surface area contributed by atoms with E-state index in [4.69, 9.17) is 9.15 Å². The fourth-order valence-corrected chi connectivity index (χ4v) is 2.14. The highest BCUT2D eigenvalue weighted by molar-refractivity contribution is 5.94. The second-order valence-corrected chi connectivity index (χ2v) is 4.72. The monoisotopic (exact) mass is 266 g/mol. The van der Waals surface area contributed by atoms with Crippen molar-refractivity contribution in [1.29, 1.82) is 0 Å². The lowest BCUT2D eigenvalue weighted by Gasteiger charge is -2.35. The van der Waals surface area contributed by atoms with E-state index < -0.39 is 0 Å². The molecule has 0 unspecified atom stereocenters. The summed E-state index contributed by atoms with van der Waals surface area (Å²) in [5, 5.41) is 2.55. The summed E-state index contributed by atoms with van der Waals surface area (Å²) in [4.78, 5) is 25.3. The molecule has 2 atom stereocenters. The van der Waals surface area contributed by atoms with Crippen molar-refractivity contribution in [3.05, 3.63) is 24.2 Å². The van der Waals surface area contributed by atoms with Gasteiger partial charge >= 0.3 is 0 Å². The van der Waals surface area contributed by atoms with Gasteiger partial charge < -0.3 is 19.4 Å². The molecule has 1 aromatic heterocycles. The van der Waals surface area contributed by atoms with Crippen molar-refractivity contribution in [2.24, 2.45) is 0 Å². The molecule has 1 saturated heterocycles. The summed E-state index contributed by atoms with van der Waals surface area (Å²) in [6.07, 6.45) is 1.46. The highest BCUT2D eigenvalue weighted by Gasteiger charge is 2.25. The highest BCUT2D eigenvalue weighted by Crippen LogP contribution is 2.10. The number of hydrogen-bond donors (Lipinski definition) is 1. The van der Waals surface area contributed by atoms with E-state index in [9.17, 15) is 9.59 Å². The van der Waals surface area contributed by atoms with E-state index in [2.05, 4.69) is 5.32 Å². The van der Waals surface area contributed by atoms with Crippen molar-refractivity contribution >= 4 is 11.8 Å². The highest BCUT2D eigenvalue weighted by atomic mass is 16.5. The lowest BCUT2D eigenvalue weighted by Crippen LogP contribution is -2.51. The zero-order valence-corrected chi connectivity index (χ0v) is 11.1. The molecule has 2 heterocycles. The molecule has 2 amide bonds. The van der Waals surface area contributed by atoms with Gasteiger partial charge in [-0.15, -0.1) is 0 Å². The second kappa shape index (κ2) is 5.88. The summed E-state index contributed by atoms with van der Waals surface area (Å²) >= 11 is 0. The van der Waals surface area contributed by atoms with Crippen molar-refractivity contribution in [2.75, 3.05) is 19.6 Å². The van der Waals surface area contributed by atoms with Gasteiger partial charge in [0.2, 0.25) is 5.91 Å². The average Bonchev–Trinajstić information content (AvgIpc) is 2.88. The average molecular weight is 266 g/mol. The quantitative estimate of drug-likeness (QED) is 0.871. The molecule has 6 nitrogen and oxygen atoms in total. The SMILES string of the molecule is C[C@@H]1CN(C(=O)CNC(=O)c2ccco2)C[C@@H](C)O1. The summed E-state index contributed by atoms with van der Waals surface area (Å²) in [7, 11) is 0. The molecular weight excluding hydrogens is 248 g/mol. The van der Waals surface area contributed by atoms with Crippen molar-refractivity contribution in [1.82, 2.24) is 10.2 Å². The summed E-state index contributed by atoms with van der Waals surface area (Å²) in [6.45, 7) is 4.94. The van der Waals surface area contributed by atoms with Crippen LogP contribution >= 0.6 is 0 Å². The number of rotatable bonds is 3. The number of ether oxygens (including phenoxy) is 1. The van der Waals surface area contributed by atoms with Crippen LogP contribution in [0.2, 0.25) is 0 Å². The van der Waals surface area contributed by atoms with E-state index in [1.807, 2.05) is 13.8 Å². The lowest BCUT2D eigenvalue weighted by molar-refractivity contribution is -0.142. The molecule has 104 valence electrons. The molecule has 0 aromatic carbocycles. The zero-order chi connectivity index (χ0) is 13.8. The van der Waals surface area contributed by atoms with Crippen LogP contribution in [0.5, 0.6) is 0 Å². The fourth-order valence-electron chi connectivity index (χ4n) is 2.14. The Balaban J connectivity index is 1.82. The van der Waals surface area contributed by atoms with Gasteiger partial charge in [-0.2, -0.15) is 0 Å². The number of hydrogen-bond acceptors (Lipinski definition) is 4. The van der Waals surface area contributed by atoms with E-state index >= 15 is 0 Å². The third-order valence-corrected chi connectivity index (χ3v) is 2.92. The van der Waals surface area contributed by atoms with Crippen molar-refractivity contribution in [3.63, 3.8) is 0 Å². The number of nitrogens with one attached hydrogen (secondary N) is 1. The van der Waals surface area contributed by atoms with E-state index in [0.717, 1.165) is 0 Å². The molecule has 2 rings (SSSR count). The van der Waals surface area contributed by atoms with Crippen LogP contribution in [0.1, 0.15) is 24.4 Å². The Morgan fingerprint density at radius 3 is 2.63 bits per heavy atom. The second-order valence-electron chi connectivity index (χ2n) is 4.72. The molecule has 0 radical (unpaired) electrons. The predicted octanol–water partition coefficient (Wildman–Crippen LogP) is 0.645. The Morgan fingerprint density at radius 1 is 1.37 bits per heavy atom. The minimum Gasteiger partial charge on any atom is -0.459 e. The zero-order valence-electron chi connectivity index (χ0n) is 11.1. The largest absolute Gasteiger partial charge is 0.459 e. The van der Waals surface area contributed by atoms with Crippen LogP contribution in [0.3, 0.4) is 0 Å². The van der Waals surface area contributed by atoms with Crippen molar-refractivity contribution < 1.29 is 18.7 Å². The van der Waals surface area contributed by atoms with Gasteiger partial charge in [-0.25, -0.2) is 0 Å². The first kappa shape index (κ1) is 13.6. The van der Waals surface area contributed by atoms with Crippen LogP contribution in [0.25, 0.3) is 0 Å². The summed E-state index contributed by atoms with van der Waals surface area (Å²) < 4.78 is 10.5. The molecule has 1 aliphatic rings. The van der Waals surface area contributed by atoms with Crippen molar-refractivity contribution in [2.45, 2.75) is 26.1 Å². The van der Waals surface area contributed by atoms with Gasteiger partial charge in [0.25, 0.3) is 5.91 Å². The number of furan rings is 1. The maximum Gasteiger partial charge on any atom is 0.287 e. The van der Waals surface area contributed by atoms with Gasteiger partial charge in [0.05, 0.1) is 25.0 Å². The normalized spacial score (nSPS) is 23.2. The maximum atomic E-state index is 12.0. The van der Waals surface area contributed by atoms with Gasteiger partial charge in [0, 0.05) is 13.1 Å². The van der Waals surface area contributed by atoms with Crippen LogP contribution in [0.4, 0.5) is 0 Å². The molecule has 0 saturated carbocycles. The van der Waals surface area contributed by atoms with Crippen molar-refractivity contribution in [3.8, 4) is 0 Å². The number of amides is 2. The van der Waals surface area contributed by atoms with Gasteiger partial charge in [-0.1, -0.05) is 0 Å². The summed E-state index contributed by atoms with van der Waals surface area (Å²) in [6, 6.07) is 3.18. The Kier molecular flexibility index (Phi) is 4.21. The third kappa shape index (κ3) is 3.57. The van der Waals surface area contributed by atoms with E-state index in [1.165, 1.54) is 6.26 Å².